The minimum Gasteiger partial charge on any atom is -0.495 e. The number of rotatable bonds is 10. The molecule has 0 aliphatic carbocycles. The molecule has 0 saturated carbocycles. The third-order valence-corrected chi connectivity index (χ3v) is 7.75. The number of morpholine rings is 1. The largest absolute Gasteiger partial charge is 0.495 e. The molecule has 0 radical (unpaired) electrons. The van der Waals surface area contributed by atoms with Gasteiger partial charge in [-0.1, -0.05) is 6.92 Å². The van der Waals surface area contributed by atoms with Gasteiger partial charge in [0.1, 0.15) is 18.2 Å². The third kappa shape index (κ3) is 6.62. The van der Waals surface area contributed by atoms with Gasteiger partial charge in [-0.25, -0.2) is 18.7 Å². The molecule has 2 aliphatic rings. The first kappa shape index (κ1) is 28.8. The maximum absolute atomic E-state index is 14.7. The Labute approximate surface area is 239 Å². The summed E-state index contributed by atoms with van der Waals surface area (Å²) in [5.74, 6) is -0.0246. The zero-order valence-electron chi connectivity index (χ0n) is 23.8. The number of hydrogen-bond acceptors (Lipinski definition) is 9. The molecule has 0 spiro atoms. The number of methoxy groups -OCH3 is 2. The summed E-state index contributed by atoms with van der Waals surface area (Å²) in [5, 5.41) is 3.18. The van der Waals surface area contributed by atoms with E-state index in [1.165, 1.54) is 25.6 Å². The van der Waals surface area contributed by atoms with Crippen molar-refractivity contribution in [2.45, 2.75) is 38.8 Å². The van der Waals surface area contributed by atoms with Crippen LogP contribution in [-0.4, -0.2) is 74.5 Å². The summed E-state index contributed by atoms with van der Waals surface area (Å²) < 4.78 is 51.3. The zero-order chi connectivity index (χ0) is 28.8. The smallest absolute Gasteiger partial charge is 0.227 e. The molecule has 9 nitrogen and oxygen atoms in total. The number of nitrogens with one attached hydrogen (secondary N) is 1. The maximum Gasteiger partial charge on any atom is 0.227 e. The summed E-state index contributed by atoms with van der Waals surface area (Å²) in [6.45, 7) is 7.10. The summed E-state index contributed by atoms with van der Waals surface area (Å²) in [6.07, 6.45) is 5.54. The molecule has 1 N–H and O–H groups in total. The molecule has 5 rings (SSSR count). The monoisotopic (exact) mass is 569 g/mol. The number of hydrogen-bond donors (Lipinski definition) is 1. The van der Waals surface area contributed by atoms with Gasteiger partial charge in [0, 0.05) is 44.0 Å². The fourth-order valence-electron chi connectivity index (χ4n) is 5.43. The van der Waals surface area contributed by atoms with Gasteiger partial charge in [-0.15, -0.1) is 0 Å². The van der Waals surface area contributed by atoms with Gasteiger partial charge in [-0.3, -0.25) is 4.90 Å². The lowest BCUT2D eigenvalue weighted by molar-refractivity contribution is 0.0115. The highest BCUT2D eigenvalue weighted by molar-refractivity contribution is 5.67. The summed E-state index contributed by atoms with van der Waals surface area (Å²) in [6, 6.07) is 7.92. The molecule has 2 saturated heterocycles. The van der Waals surface area contributed by atoms with Gasteiger partial charge in [-0.2, -0.15) is 0 Å². The Bertz CT molecular complexity index is 1280. The highest BCUT2D eigenvalue weighted by Crippen LogP contribution is 2.34. The molecule has 2 aromatic carbocycles. The molecule has 2 fully saturated rings. The second kappa shape index (κ2) is 13.3. The first-order valence-corrected chi connectivity index (χ1v) is 14.0. The number of nitrogens with zero attached hydrogens (tertiary/aromatic N) is 4. The normalized spacial score (nSPS) is 16.5. The molecular weight excluding hydrogens is 532 g/mol. The fourth-order valence-corrected chi connectivity index (χ4v) is 5.43. The lowest BCUT2D eigenvalue weighted by Crippen LogP contribution is -2.49. The molecule has 11 heteroatoms. The number of aromatic nitrogens is 2. The van der Waals surface area contributed by atoms with Crippen LogP contribution in [0.3, 0.4) is 0 Å². The van der Waals surface area contributed by atoms with Gasteiger partial charge >= 0.3 is 0 Å². The van der Waals surface area contributed by atoms with Gasteiger partial charge in [0.15, 0.2) is 17.3 Å². The van der Waals surface area contributed by atoms with Crippen molar-refractivity contribution in [2.75, 3.05) is 63.8 Å². The van der Waals surface area contributed by atoms with Crippen molar-refractivity contribution in [3.05, 3.63) is 59.4 Å². The van der Waals surface area contributed by atoms with Crippen molar-refractivity contribution in [1.82, 2.24) is 14.9 Å². The molecule has 1 aromatic heterocycles. The average Bonchev–Trinajstić information content (AvgIpc) is 3.02. The van der Waals surface area contributed by atoms with Crippen LogP contribution in [0.15, 0.2) is 36.7 Å². The second-order valence-corrected chi connectivity index (χ2v) is 10.1. The molecule has 0 atom stereocenters. The van der Waals surface area contributed by atoms with Crippen LogP contribution in [0.25, 0.3) is 0 Å². The number of benzene rings is 2. The molecule has 0 bridgehead atoms. The summed E-state index contributed by atoms with van der Waals surface area (Å²) in [5.41, 5.74) is 2.00. The lowest BCUT2D eigenvalue weighted by atomic mass is 10.0. The van der Waals surface area contributed by atoms with Crippen molar-refractivity contribution < 1.29 is 27.7 Å². The molecule has 3 aromatic rings. The van der Waals surface area contributed by atoms with Crippen LogP contribution in [0.4, 0.5) is 26.1 Å². The standard InChI is InChI=1S/C30H37F2N5O4/c1-4-20-15-27(39-3)29(32)24(28(20)31)19-41-23-17-33-30(34-18-23)35-21-5-6-25(26(16-21)38-2)37-9-7-22(8-10-37)36-11-13-40-14-12-36/h5-6,15-18,22H,4,7-14,19H2,1-3H3,(H,33,34,35). The van der Waals surface area contributed by atoms with Gasteiger partial charge in [0.2, 0.25) is 5.95 Å². The minimum absolute atomic E-state index is 0.0171. The Kier molecular flexibility index (Phi) is 9.35. The fraction of sp³-hybridized carbons (Fsp3) is 0.467. The van der Waals surface area contributed by atoms with E-state index in [0.717, 1.165) is 69.4 Å². The number of ether oxygens (including phenoxy) is 4. The van der Waals surface area contributed by atoms with Crippen molar-refractivity contribution in [3.8, 4) is 17.2 Å². The average molecular weight is 570 g/mol. The van der Waals surface area contributed by atoms with Crippen molar-refractivity contribution in [2.24, 2.45) is 0 Å². The van der Waals surface area contributed by atoms with E-state index in [-0.39, 0.29) is 23.7 Å². The van der Waals surface area contributed by atoms with Crippen LogP contribution in [0.5, 0.6) is 17.2 Å². The number of aryl methyl sites for hydroxylation is 1. The number of halogens is 2. The van der Waals surface area contributed by atoms with E-state index >= 15 is 0 Å². The van der Waals surface area contributed by atoms with E-state index in [9.17, 15) is 8.78 Å². The van der Waals surface area contributed by atoms with Gasteiger partial charge < -0.3 is 29.2 Å². The lowest BCUT2D eigenvalue weighted by Gasteiger charge is -2.41. The highest BCUT2D eigenvalue weighted by atomic mass is 19.1. The Morgan fingerprint density at radius 3 is 2.32 bits per heavy atom. The van der Waals surface area contributed by atoms with Crippen LogP contribution in [-0.2, 0) is 17.8 Å². The van der Waals surface area contributed by atoms with Crippen LogP contribution >= 0.6 is 0 Å². The van der Waals surface area contributed by atoms with Gasteiger partial charge in [0.25, 0.3) is 0 Å². The Morgan fingerprint density at radius 2 is 1.66 bits per heavy atom. The maximum atomic E-state index is 14.7. The number of anilines is 3. The third-order valence-electron chi connectivity index (χ3n) is 7.75. The minimum atomic E-state index is -0.778. The zero-order valence-corrected chi connectivity index (χ0v) is 23.8. The Hall–Kier alpha value is -3.70. The van der Waals surface area contributed by atoms with Crippen molar-refractivity contribution in [3.63, 3.8) is 0 Å². The van der Waals surface area contributed by atoms with Gasteiger partial charge in [0.05, 0.1) is 51.1 Å². The highest BCUT2D eigenvalue weighted by Gasteiger charge is 2.27. The van der Waals surface area contributed by atoms with E-state index in [2.05, 4.69) is 31.2 Å². The first-order valence-electron chi connectivity index (χ1n) is 14.0. The topological polar surface area (TPSA) is 81.2 Å². The van der Waals surface area contributed by atoms with E-state index < -0.39 is 11.6 Å². The van der Waals surface area contributed by atoms with Crippen LogP contribution in [0.2, 0.25) is 0 Å². The summed E-state index contributed by atoms with van der Waals surface area (Å²) >= 11 is 0. The number of piperidine rings is 1. The quantitative estimate of drug-likeness (QED) is 0.365. The van der Waals surface area contributed by atoms with Crippen molar-refractivity contribution in [1.29, 1.82) is 0 Å². The molecular formula is C30H37F2N5O4. The van der Waals surface area contributed by atoms with Crippen molar-refractivity contribution >= 4 is 17.3 Å². The van der Waals surface area contributed by atoms with Crippen LogP contribution in [0, 0.1) is 11.6 Å². The first-order chi connectivity index (χ1) is 20.0. The molecule has 41 heavy (non-hydrogen) atoms. The predicted octanol–water partition coefficient (Wildman–Crippen LogP) is 4.96. The van der Waals surface area contributed by atoms with E-state index in [1.807, 2.05) is 12.1 Å². The van der Waals surface area contributed by atoms with E-state index in [0.29, 0.717) is 24.0 Å². The molecule has 2 aliphatic heterocycles. The molecule has 0 amide bonds. The Balaban J connectivity index is 1.19. The van der Waals surface area contributed by atoms with E-state index in [4.69, 9.17) is 18.9 Å². The SMILES string of the molecule is CCc1cc(OC)c(F)c(COc2cnc(Nc3ccc(N4CCC(N5CCOCC5)CC4)c(OC)c3)nc2)c1F. The van der Waals surface area contributed by atoms with Crippen LogP contribution in [0.1, 0.15) is 30.9 Å². The van der Waals surface area contributed by atoms with E-state index in [1.54, 1.807) is 14.0 Å². The summed E-state index contributed by atoms with van der Waals surface area (Å²) in [7, 11) is 3.02. The molecule has 3 heterocycles. The molecule has 220 valence electrons. The summed E-state index contributed by atoms with van der Waals surface area (Å²) in [4.78, 5) is 13.5. The Morgan fingerprint density at radius 1 is 0.951 bits per heavy atom. The second-order valence-electron chi connectivity index (χ2n) is 10.1. The predicted molar refractivity (Wildman–Crippen MR) is 153 cm³/mol. The van der Waals surface area contributed by atoms with Gasteiger partial charge in [-0.05, 0) is 43.0 Å². The van der Waals surface area contributed by atoms with Crippen LogP contribution < -0.4 is 24.4 Å². The molecule has 0 unspecified atom stereocenters.